The fourth-order valence-corrected chi connectivity index (χ4v) is 4.73. The average molecular weight is 550 g/mol. The molecular weight excluding hydrogens is 510 g/mol. The van der Waals surface area contributed by atoms with Crippen molar-refractivity contribution >= 4 is 17.9 Å². The number of ether oxygens (including phenoxy) is 3. The first-order chi connectivity index (χ1) is 18.8. The van der Waals surface area contributed by atoms with Crippen LogP contribution < -0.4 is 10.5 Å². The smallest absolute Gasteiger partial charge is 0.410 e. The molecule has 40 heavy (non-hydrogen) atoms. The number of aromatic nitrogens is 3. The van der Waals surface area contributed by atoms with Crippen LogP contribution in [0.3, 0.4) is 0 Å². The molecule has 10 nitrogen and oxygen atoms in total. The summed E-state index contributed by atoms with van der Waals surface area (Å²) in [6.07, 6.45) is 2.71. The largest absolute Gasteiger partial charge is 0.482 e. The summed E-state index contributed by atoms with van der Waals surface area (Å²) in [5, 5.41) is 4.65. The van der Waals surface area contributed by atoms with Crippen LogP contribution in [0.1, 0.15) is 79.5 Å². The second-order valence-corrected chi connectivity index (χ2v) is 11.3. The Labute approximate surface area is 235 Å². The zero-order valence-corrected chi connectivity index (χ0v) is 24.6. The molecule has 2 N–H and O–H groups in total. The molecule has 1 fully saturated rings. The summed E-state index contributed by atoms with van der Waals surface area (Å²) < 4.78 is 18.7. The normalized spacial score (nSPS) is 14.0. The van der Waals surface area contributed by atoms with Crippen molar-refractivity contribution in [3.8, 4) is 16.9 Å². The lowest BCUT2D eigenvalue weighted by atomic mass is 10.0. The van der Waals surface area contributed by atoms with E-state index < -0.39 is 17.7 Å². The maximum absolute atomic E-state index is 13.1. The van der Waals surface area contributed by atoms with Crippen LogP contribution in [0, 0.1) is 13.8 Å². The van der Waals surface area contributed by atoms with Gasteiger partial charge < -0.3 is 19.9 Å². The highest BCUT2D eigenvalue weighted by atomic mass is 16.6. The number of hydrogen-bond donors (Lipinski definition) is 1. The Balaban J connectivity index is 1.67. The van der Waals surface area contributed by atoms with Gasteiger partial charge >= 0.3 is 12.1 Å². The number of methoxy groups -OCH3 is 1. The van der Waals surface area contributed by atoms with Gasteiger partial charge in [0.1, 0.15) is 11.7 Å². The van der Waals surface area contributed by atoms with Gasteiger partial charge in [-0.2, -0.15) is 5.10 Å². The Bertz CT molecular complexity index is 1420. The first-order valence-electron chi connectivity index (χ1n) is 13.4. The SMILES string of the molecule is COC(=O)c1cc(C)ccc1C(C)Oc1cc(-c2c(C)nn(C)c2CN(C(=O)OC(C)(C)C)C2CC2)cnc1N. The number of nitrogen functional groups attached to an aromatic ring is 1. The maximum Gasteiger partial charge on any atom is 0.410 e. The van der Waals surface area contributed by atoms with Gasteiger partial charge in [-0.05, 0) is 66.5 Å². The fourth-order valence-electron chi connectivity index (χ4n) is 4.73. The van der Waals surface area contributed by atoms with E-state index in [0.29, 0.717) is 23.4 Å². The molecule has 0 aliphatic heterocycles. The second-order valence-electron chi connectivity index (χ2n) is 11.3. The van der Waals surface area contributed by atoms with Crippen molar-refractivity contribution in [2.24, 2.45) is 7.05 Å². The van der Waals surface area contributed by atoms with Gasteiger partial charge in [0.2, 0.25) is 0 Å². The van der Waals surface area contributed by atoms with Crippen molar-refractivity contribution in [1.29, 1.82) is 0 Å². The van der Waals surface area contributed by atoms with E-state index in [0.717, 1.165) is 40.9 Å². The third-order valence-corrected chi connectivity index (χ3v) is 6.80. The molecule has 1 unspecified atom stereocenters. The predicted octanol–water partition coefficient (Wildman–Crippen LogP) is 5.51. The van der Waals surface area contributed by atoms with E-state index in [1.165, 1.54) is 7.11 Å². The van der Waals surface area contributed by atoms with Crippen LogP contribution in [0.2, 0.25) is 0 Å². The lowest BCUT2D eigenvalue weighted by Gasteiger charge is -2.27. The van der Waals surface area contributed by atoms with E-state index in [4.69, 9.17) is 19.9 Å². The summed E-state index contributed by atoms with van der Waals surface area (Å²) in [7, 11) is 3.22. The van der Waals surface area contributed by atoms with Crippen LogP contribution >= 0.6 is 0 Å². The van der Waals surface area contributed by atoms with Gasteiger partial charge in [-0.15, -0.1) is 0 Å². The van der Waals surface area contributed by atoms with Gasteiger partial charge in [0, 0.05) is 36.0 Å². The zero-order valence-electron chi connectivity index (χ0n) is 24.6. The summed E-state index contributed by atoms with van der Waals surface area (Å²) >= 11 is 0. The number of aryl methyl sites for hydroxylation is 3. The van der Waals surface area contributed by atoms with Crippen LogP contribution in [-0.4, -0.2) is 50.5 Å². The molecule has 214 valence electrons. The highest BCUT2D eigenvalue weighted by Crippen LogP contribution is 2.37. The standard InChI is InChI=1S/C30H39N5O5/c1-17-9-12-22(23(13-17)28(36)38-8)19(3)39-25-14-20(15-32-27(25)31)26-18(2)33-34(7)24(26)16-35(21-10-11-21)29(37)40-30(4,5)6/h9,12-15,19,21H,10-11,16H2,1-8H3,(H2,31,32). The Morgan fingerprint density at radius 1 is 1.20 bits per heavy atom. The molecule has 3 aromatic rings. The second kappa shape index (κ2) is 11.2. The Hall–Kier alpha value is -4.08. The lowest BCUT2D eigenvalue weighted by molar-refractivity contribution is 0.0212. The monoisotopic (exact) mass is 549 g/mol. The van der Waals surface area contributed by atoms with Crippen LogP contribution in [0.5, 0.6) is 5.75 Å². The molecule has 0 bridgehead atoms. The topological polar surface area (TPSA) is 122 Å². The number of benzene rings is 1. The Morgan fingerprint density at radius 3 is 2.52 bits per heavy atom. The first-order valence-corrected chi connectivity index (χ1v) is 13.4. The van der Waals surface area contributed by atoms with E-state index >= 15 is 0 Å². The summed E-state index contributed by atoms with van der Waals surface area (Å²) in [5.74, 6) is 0.162. The fraction of sp³-hybridized carbons (Fsp3) is 0.467. The molecule has 1 aromatic carbocycles. The third kappa shape index (κ3) is 6.38. The first kappa shape index (κ1) is 28.9. The number of amides is 1. The number of nitrogens with two attached hydrogens (primary N) is 1. The number of nitrogens with zero attached hydrogens (tertiary/aromatic N) is 4. The maximum atomic E-state index is 13.1. The highest BCUT2D eigenvalue weighted by Gasteiger charge is 2.36. The molecular formula is C30H39N5O5. The highest BCUT2D eigenvalue weighted by molar-refractivity contribution is 5.91. The van der Waals surface area contributed by atoms with Crippen LogP contribution in [0.4, 0.5) is 10.6 Å². The van der Waals surface area contributed by atoms with Crippen molar-refractivity contribution in [3.63, 3.8) is 0 Å². The van der Waals surface area contributed by atoms with Crippen LogP contribution in [0.25, 0.3) is 11.1 Å². The van der Waals surface area contributed by atoms with E-state index in [1.807, 2.05) is 66.8 Å². The number of anilines is 1. The predicted molar refractivity (Wildman–Crippen MR) is 152 cm³/mol. The molecule has 2 aromatic heterocycles. The number of rotatable bonds is 8. The van der Waals surface area contributed by atoms with E-state index in [2.05, 4.69) is 10.1 Å². The van der Waals surface area contributed by atoms with Gasteiger partial charge in [0.25, 0.3) is 0 Å². The molecule has 0 radical (unpaired) electrons. The minimum Gasteiger partial charge on any atom is -0.482 e. The number of esters is 1. The lowest BCUT2D eigenvalue weighted by Crippen LogP contribution is -2.38. The third-order valence-electron chi connectivity index (χ3n) is 6.80. The summed E-state index contributed by atoms with van der Waals surface area (Å²) in [4.78, 5) is 31.7. The van der Waals surface area contributed by atoms with Crippen LogP contribution in [-0.2, 0) is 23.1 Å². The minimum absolute atomic E-state index is 0.140. The van der Waals surface area contributed by atoms with E-state index in [9.17, 15) is 9.59 Å². The van der Waals surface area contributed by atoms with E-state index in [1.54, 1.807) is 21.8 Å². The van der Waals surface area contributed by atoms with E-state index in [-0.39, 0.29) is 18.0 Å². The summed E-state index contributed by atoms with van der Waals surface area (Å²) in [6.45, 7) is 11.6. The molecule has 0 saturated heterocycles. The molecule has 10 heteroatoms. The molecule has 1 aliphatic carbocycles. The van der Waals surface area contributed by atoms with Gasteiger partial charge in [0.15, 0.2) is 11.6 Å². The quantitative estimate of drug-likeness (QED) is 0.365. The van der Waals surface area contributed by atoms with Crippen molar-refractivity contribution in [2.75, 3.05) is 12.8 Å². The molecule has 1 aliphatic rings. The number of pyridine rings is 1. The number of carbonyl (C=O) groups is 2. The summed E-state index contributed by atoms with van der Waals surface area (Å²) in [6, 6.07) is 7.52. The van der Waals surface area contributed by atoms with Gasteiger partial charge in [-0.1, -0.05) is 17.7 Å². The number of hydrogen-bond acceptors (Lipinski definition) is 8. The number of carbonyl (C=O) groups excluding carboxylic acids is 2. The van der Waals surface area contributed by atoms with Crippen molar-refractivity contribution in [3.05, 3.63) is 58.5 Å². The van der Waals surface area contributed by atoms with Crippen molar-refractivity contribution in [2.45, 2.75) is 78.7 Å². The summed E-state index contributed by atoms with van der Waals surface area (Å²) in [5.41, 5.74) is 10.9. The molecule has 4 rings (SSSR count). The molecule has 0 spiro atoms. The Morgan fingerprint density at radius 2 is 1.90 bits per heavy atom. The molecule has 1 saturated carbocycles. The van der Waals surface area contributed by atoms with Gasteiger partial charge in [-0.3, -0.25) is 9.58 Å². The van der Waals surface area contributed by atoms with Crippen LogP contribution in [0.15, 0.2) is 30.5 Å². The molecule has 1 atom stereocenters. The van der Waals surface area contributed by atoms with Crippen molar-refractivity contribution < 1.29 is 23.8 Å². The minimum atomic E-state index is -0.593. The molecule has 2 heterocycles. The zero-order chi connectivity index (χ0) is 29.4. The van der Waals surface area contributed by atoms with Crippen molar-refractivity contribution in [1.82, 2.24) is 19.7 Å². The molecule has 1 amide bonds. The Kier molecular flexibility index (Phi) is 8.09. The van der Waals surface area contributed by atoms with Gasteiger partial charge in [-0.25, -0.2) is 14.6 Å². The average Bonchev–Trinajstić information content (AvgIpc) is 3.67. The van der Waals surface area contributed by atoms with Gasteiger partial charge in [0.05, 0.1) is 30.6 Å².